The van der Waals surface area contributed by atoms with Gasteiger partial charge in [-0.2, -0.15) is 0 Å². The van der Waals surface area contributed by atoms with Crippen LogP contribution in [0.25, 0.3) is 11.6 Å². The van der Waals surface area contributed by atoms with E-state index in [1.54, 1.807) is 31.5 Å². The van der Waals surface area contributed by atoms with Crippen LogP contribution in [-0.2, 0) is 4.74 Å². The largest absolute Gasteiger partial charge is 0.504 e. The summed E-state index contributed by atoms with van der Waals surface area (Å²) in [7, 11) is 0. The van der Waals surface area contributed by atoms with E-state index >= 15 is 0 Å². The van der Waals surface area contributed by atoms with Crippen molar-refractivity contribution in [2.24, 2.45) is 4.99 Å². The van der Waals surface area contributed by atoms with Gasteiger partial charge in [0.1, 0.15) is 11.8 Å². The van der Waals surface area contributed by atoms with Crippen molar-refractivity contribution < 1.29 is 19.1 Å². The SMILES string of the molecule is CCOC(=O)c1coc(C=C2C=Nc3ncccc32)c1O. The molecular weight excluding hydrogens is 272 g/mol. The van der Waals surface area contributed by atoms with Gasteiger partial charge in [0.2, 0.25) is 0 Å². The zero-order valence-corrected chi connectivity index (χ0v) is 11.2. The molecular formula is C15H12N2O4. The Kier molecular flexibility index (Phi) is 3.27. The molecule has 0 amide bonds. The molecule has 2 aromatic rings. The van der Waals surface area contributed by atoms with Crippen molar-refractivity contribution in [2.45, 2.75) is 6.92 Å². The van der Waals surface area contributed by atoms with E-state index in [0.717, 1.165) is 11.1 Å². The van der Waals surface area contributed by atoms with Crippen molar-refractivity contribution in [3.05, 3.63) is 41.5 Å². The summed E-state index contributed by atoms with van der Waals surface area (Å²) in [5.74, 6) is -0.0751. The summed E-state index contributed by atoms with van der Waals surface area (Å²) in [5.41, 5.74) is 1.59. The Morgan fingerprint density at radius 3 is 3.19 bits per heavy atom. The van der Waals surface area contributed by atoms with Crippen LogP contribution in [0.15, 0.2) is 34.0 Å². The molecule has 0 aliphatic carbocycles. The lowest BCUT2D eigenvalue weighted by Crippen LogP contribution is -2.03. The molecule has 3 heterocycles. The summed E-state index contributed by atoms with van der Waals surface area (Å²) in [6.07, 6.45) is 6.07. The fraction of sp³-hybridized carbons (Fsp3) is 0.133. The van der Waals surface area contributed by atoms with E-state index in [4.69, 9.17) is 9.15 Å². The van der Waals surface area contributed by atoms with Gasteiger partial charge in [0.25, 0.3) is 0 Å². The molecule has 3 rings (SSSR count). The molecule has 21 heavy (non-hydrogen) atoms. The lowest BCUT2D eigenvalue weighted by atomic mass is 10.1. The first kappa shape index (κ1) is 13.1. The first-order valence-corrected chi connectivity index (χ1v) is 6.39. The maximum atomic E-state index is 11.6. The van der Waals surface area contributed by atoms with Crippen LogP contribution in [0.2, 0.25) is 0 Å². The number of aromatic nitrogens is 1. The first-order valence-electron chi connectivity index (χ1n) is 6.39. The second kappa shape index (κ2) is 5.24. The van der Waals surface area contributed by atoms with Gasteiger partial charge in [-0.15, -0.1) is 0 Å². The summed E-state index contributed by atoms with van der Waals surface area (Å²) in [6.45, 7) is 1.92. The highest BCUT2D eigenvalue weighted by atomic mass is 16.5. The third kappa shape index (κ3) is 2.31. The van der Waals surface area contributed by atoms with Crippen LogP contribution in [0.1, 0.15) is 28.6 Å². The number of allylic oxidation sites excluding steroid dienone is 1. The molecule has 6 nitrogen and oxygen atoms in total. The number of rotatable bonds is 3. The summed E-state index contributed by atoms with van der Waals surface area (Å²) in [5, 5.41) is 10.0. The van der Waals surface area contributed by atoms with Crippen molar-refractivity contribution in [3.8, 4) is 5.75 Å². The van der Waals surface area contributed by atoms with Gasteiger partial charge < -0.3 is 14.3 Å². The third-order valence-corrected chi connectivity index (χ3v) is 3.00. The minimum Gasteiger partial charge on any atom is -0.504 e. The van der Waals surface area contributed by atoms with Crippen molar-refractivity contribution in [3.63, 3.8) is 0 Å². The Morgan fingerprint density at radius 2 is 2.38 bits per heavy atom. The predicted molar refractivity (Wildman–Crippen MR) is 76.6 cm³/mol. The number of carbonyl (C=O) groups is 1. The summed E-state index contributed by atoms with van der Waals surface area (Å²) in [6, 6.07) is 3.67. The van der Waals surface area contributed by atoms with E-state index in [2.05, 4.69) is 9.98 Å². The van der Waals surface area contributed by atoms with Crippen LogP contribution in [0.3, 0.4) is 0 Å². The molecule has 0 saturated heterocycles. The summed E-state index contributed by atoms with van der Waals surface area (Å²) >= 11 is 0. The molecule has 0 fully saturated rings. The first-order chi connectivity index (χ1) is 10.2. The topological polar surface area (TPSA) is 84.9 Å². The maximum absolute atomic E-state index is 11.6. The van der Waals surface area contributed by atoms with E-state index in [9.17, 15) is 9.90 Å². The Labute approximate surface area is 120 Å². The number of aliphatic imine (C=N–C) groups is 1. The molecule has 0 radical (unpaired) electrons. The highest BCUT2D eigenvalue weighted by Crippen LogP contribution is 2.33. The quantitative estimate of drug-likeness (QED) is 0.876. The highest BCUT2D eigenvalue weighted by Gasteiger charge is 2.20. The van der Waals surface area contributed by atoms with Crippen LogP contribution in [0.4, 0.5) is 5.82 Å². The van der Waals surface area contributed by atoms with E-state index in [0.29, 0.717) is 5.82 Å². The fourth-order valence-corrected chi connectivity index (χ4v) is 2.00. The standard InChI is InChI=1S/C15H12N2O4/c1-2-20-15(19)11-8-21-12(13(11)18)6-9-7-17-14-10(9)4-3-5-16-14/h3-8,18H,2H2,1H3. The molecule has 0 spiro atoms. The molecule has 1 aliphatic rings. The summed E-state index contributed by atoms with van der Waals surface area (Å²) in [4.78, 5) is 19.9. The number of furan rings is 1. The average Bonchev–Trinajstić information content (AvgIpc) is 3.05. The second-order valence-electron chi connectivity index (χ2n) is 4.32. The molecule has 0 atom stereocenters. The van der Waals surface area contributed by atoms with Crippen molar-refractivity contribution in [1.29, 1.82) is 0 Å². The van der Waals surface area contributed by atoms with E-state index in [1.165, 1.54) is 6.26 Å². The van der Waals surface area contributed by atoms with Crippen LogP contribution < -0.4 is 0 Å². The lowest BCUT2D eigenvalue weighted by Gasteiger charge is -1.99. The van der Waals surface area contributed by atoms with Crippen molar-refractivity contribution in [1.82, 2.24) is 4.98 Å². The van der Waals surface area contributed by atoms with Crippen molar-refractivity contribution in [2.75, 3.05) is 6.61 Å². The Bertz CT molecular complexity index is 759. The van der Waals surface area contributed by atoms with Gasteiger partial charge in [-0.25, -0.2) is 14.8 Å². The van der Waals surface area contributed by atoms with Gasteiger partial charge in [-0.1, -0.05) is 0 Å². The molecule has 1 N–H and O–H groups in total. The van der Waals surface area contributed by atoms with Gasteiger partial charge >= 0.3 is 5.97 Å². The highest BCUT2D eigenvalue weighted by molar-refractivity contribution is 6.21. The Balaban J connectivity index is 1.95. The smallest absolute Gasteiger partial charge is 0.345 e. The van der Waals surface area contributed by atoms with Gasteiger partial charge in [0, 0.05) is 23.5 Å². The minimum atomic E-state index is -0.620. The summed E-state index contributed by atoms with van der Waals surface area (Å²) < 4.78 is 10.1. The van der Waals surface area contributed by atoms with Crippen LogP contribution in [0.5, 0.6) is 5.75 Å². The molecule has 0 bridgehead atoms. The minimum absolute atomic E-state index is 0.00467. The maximum Gasteiger partial charge on any atom is 0.345 e. The Morgan fingerprint density at radius 1 is 1.52 bits per heavy atom. The number of nitrogens with zero attached hydrogens (tertiary/aromatic N) is 2. The predicted octanol–water partition coefficient (Wildman–Crippen LogP) is 2.81. The monoisotopic (exact) mass is 284 g/mol. The number of aromatic hydroxyl groups is 1. The normalized spacial score (nSPS) is 14.4. The molecule has 0 saturated carbocycles. The number of esters is 1. The van der Waals surface area contributed by atoms with E-state index in [1.807, 2.05) is 6.07 Å². The number of ether oxygens (including phenoxy) is 1. The lowest BCUT2D eigenvalue weighted by molar-refractivity contribution is 0.0522. The Hall–Kier alpha value is -2.89. The molecule has 2 aromatic heterocycles. The van der Waals surface area contributed by atoms with Crippen LogP contribution >= 0.6 is 0 Å². The van der Waals surface area contributed by atoms with Gasteiger partial charge in [-0.3, -0.25) is 0 Å². The number of carbonyl (C=O) groups excluding carboxylic acids is 1. The van der Waals surface area contributed by atoms with Crippen molar-refractivity contribution >= 4 is 29.7 Å². The fourth-order valence-electron chi connectivity index (χ4n) is 2.00. The van der Waals surface area contributed by atoms with Crippen LogP contribution in [0, 0.1) is 0 Å². The van der Waals surface area contributed by atoms with Gasteiger partial charge in [0.05, 0.1) is 6.61 Å². The van der Waals surface area contributed by atoms with E-state index in [-0.39, 0.29) is 23.7 Å². The number of hydrogen-bond donors (Lipinski definition) is 1. The van der Waals surface area contributed by atoms with Crippen LogP contribution in [-0.4, -0.2) is 28.9 Å². The number of fused-ring (bicyclic) bond motifs is 1. The van der Waals surface area contributed by atoms with Gasteiger partial charge in [-0.05, 0) is 25.1 Å². The van der Waals surface area contributed by atoms with E-state index < -0.39 is 5.97 Å². The number of hydrogen-bond acceptors (Lipinski definition) is 6. The molecule has 0 unspecified atom stereocenters. The zero-order valence-electron chi connectivity index (χ0n) is 11.2. The third-order valence-electron chi connectivity index (χ3n) is 3.00. The molecule has 0 aromatic carbocycles. The van der Waals surface area contributed by atoms with Gasteiger partial charge in [0.15, 0.2) is 17.3 Å². The zero-order chi connectivity index (χ0) is 14.8. The molecule has 1 aliphatic heterocycles. The molecule has 6 heteroatoms. The number of pyridine rings is 1. The second-order valence-corrected chi connectivity index (χ2v) is 4.32. The molecule has 106 valence electrons. The average molecular weight is 284 g/mol.